The second-order valence-electron chi connectivity index (χ2n) is 7.90. The molecule has 13 heteroatoms. The molecular formula is C20H19F6N3O3S. The number of aromatic nitrogens is 1. The van der Waals surface area contributed by atoms with E-state index < -0.39 is 44.5 Å². The molecule has 33 heavy (non-hydrogen) atoms. The van der Waals surface area contributed by atoms with Crippen LogP contribution in [-0.2, 0) is 22.4 Å². The van der Waals surface area contributed by atoms with Crippen molar-refractivity contribution in [1.82, 2.24) is 14.2 Å². The molecule has 0 spiro atoms. The first-order chi connectivity index (χ1) is 15.3. The van der Waals surface area contributed by atoms with Gasteiger partial charge in [0.15, 0.2) is 0 Å². The number of sulfonamides is 1. The summed E-state index contributed by atoms with van der Waals surface area (Å²) in [4.78, 5) is 5.26. The summed E-state index contributed by atoms with van der Waals surface area (Å²) in [7, 11) is -4.13. The SMILES string of the molecule is O=S(=O)(c1cccc(C(F)(F)F)c1)N1CCN2C[C@@H](Oc3ccc(C(F)(F)F)cn3)C[C@H]2C1. The van der Waals surface area contributed by atoms with Crippen molar-refractivity contribution in [3.63, 3.8) is 0 Å². The van der Waals surface area contributed by atoms with Crippen molar-refractivity contribution in [3.8, 4) is 5.88 Å². The number of rotatable bonds is 4. The number of ether oxygens (including phenoxy) is 1. The summed E-state index contributed by atoms with van der Waals surface area (Å²) in [5.74, 6) is 0.0290. The normalized spacial score (nSPS) is 22.8. The van der Waals surface area contributed by atoms with E-state index >= 15 is 0 Å². The van der Waals surface area contributed by atoms with E-state index in [1.807, 2.05) is 4.90 Å². The molecule has 1 aromatic carbocycles. The maximum atomic E-state index is 13.0. The number of hydrogen-bond donors (Lipinski definition) is 0. The van der Waals surface area contributed by atoms with E-state index in [0.717, 1.165) is 34.6 Å². The number of hydrogen-bond acceptors (Lipinski definition) is 5. The maximum Gasteiger partial charge on any atom is 0.417 e. The van der Waals surface area contributed by atoms with Crippen molar-refractivity contribution < 1.29 is 39.5 Å². The largest absolute Gasteiger partial charge is 0.473 e. The number of halogens is 6. The van der Waals surface area contributed by atoms with Gasteiger partial charge in [-0.1, -0.05) is 6.07 Å². The van der Waals surface area contributed by atoms with Crippen LogP contribution in [0.4, 0.5) is 26.3 Å². The van der Waals surface area contributed by atoms with Gasteiger partial charge in [0.1, 0.15) is 6.10 Å². The molecule has 2 saturated heterocycles. The van der Waals surface area contributed by atoms with Crippen LogP contribution in [0.3, 0.4) is 0 Å². The van der Waals surface area contributed by atoms with Crippen LogP contribution in [0.1, 0.15) is 17.5 Å². The van der Waals surface area contributed by atoms with Crippen molar-refractivity contribution in [2.75, 3.05) is 26.2 Å². The Morgan fingerprint density at radius 2 is 1.67 bits per heavy atom. The molecule has 3 heterocycles. The van der Waals surface area contributed by atoms with Crippen LogP contribution in [0.5, 0.6) is 5.88 Å². The number of piperazine rings is 1. The zero-order valence-corrected chi connectivity index (χ0v) is 17.8. The molecule has 0 radical (unpaired) electrons. The van der Waals surface area contributed by atoms with E-state index in [-0.39, 0.29) is 25.0 Å². The van der Waals surface area contributed by atoms with E-state index in [4.69, 9.17) is 4.74 Å². The molecule has 0 unspecified atom stereocenters. The van der Waals surface area contributed by atoms with Crippen molar-refractivity contribution in [2.45, 2.75) is 35.8 Å². The molecule has 0 amide bonds. The van der Waals surface area contributed by atoms with E-state index in [9.17, 15) is 34.8 Å². The Morgan fingerprint density at radius 1 is 0.939 bits per heavy atom. The molecular weight excluding hydrogens is 476 g/mol. The first-order valence-corrected chi connectivity index (χ1v) is 11.4. The van der Waals surface area contributed by atoms with Gasteiger partial charge < -0.3 is 4.74 Å². The number of alkyl halides is 6. The van der Waals surface area contributed by atoms with Crippen LogP contribution in [0.2, 0.25) is 0 Å². The van der Waals surface area contributed by atoms with Crippen LogP contribution in [-0.4, -0.2) is 60.9 Å². The van der Waals surface area contributed by atoms with E-state index in [1.165, 1.54) is 0 Å². The Kier molecular flexibility index (Phi) is 6.08. The predicted octanol–water partition coefficient (Wildman–Crippen LogP) is 3.65. The molecule has 0 N–H and O–H groups in total. The van der Waals surface area contributed by atoms with Crippen molar-refractivity contribution in [1.29, 1.82) is 0 Å². The minimum absolute atomic E-state index is 0.0290. The van der Waals surface area contributed by atoms with Gasteiger partial charge in [-0.2, -0.15) is 30.6 Å². The molecule has 0 bridgehead atoms. The Morgan fingerprint density at radius 3 is 2.30 bits per heavy atom. The van der Waals surface area contributed by atoms with Gasteiger partial charge in [-0.05, 0) is 24.3 Å². The number of pyridine rings is 1. The molecule has 0 saturated carbocycles. The van der Waals surface area contributed by atoms with Crippen molar-refractivity contribution in [2.24, 2.45) is 0 Å². The third-order valence-corrected chi connectivity index (χ3v) is 7.55. The lowest BCUT2D eigenvalue weighted by atomic mass is 10.2. The molecule has 2 aliphatic rings. The number of nitrogens with zero attached hydrogens (tertiary/aromatic N) is 3. The lowest BCUT2D eigenvalue weighted by molar-refractivity contribution is -0.138. The van der Waals surface area contributed by atoms with Gasteiger partial charge in [0.25, 0.3) is 0 Å². The van der Waals surface area contributed by atoms with Crippen molar-refractivity contribution in [3.05, 3.63) is 53.7 Å². The topological polar surface area (TPSA) is 62.7 Å². The highest BCUT2D eigenvalue weighted by atomic mass is 32.2. The van der Waals surface area contributed by atoms with Crippen molar-refractivity contribution >= 4 is 10.0 Å². The first-order valence-electron chi connectivity index (χ1n) is 9.95. The average molecular weight is 495 g/mol. The Balaban J connectivity index is 1.42. The smallest absolute Gasteiger partial charge is 0.417 e. The van der Waals surface area contributed by atoms with Crippen LogP contribution in [0.15, 0.2) is 47.5 Å². The molecule has 2 atom stereocenters. The predicted molar refractivity (Wildman–Crippen MR) is 104 cm³/mol. The summed E-state index contributed by atoms with van der Waals surface area (Å²) < 4.78 is 110. The van der Waals surface area contributed by atoms with E-state index in [0.29, 0.717) is 31.8 Å². The quantitative estimate of drug-likeness (QED) is 0.607. The van der Waals surface area contributed by atoms with Gasteiger partial charge in [0, 0.05) is 50.9 Å². The highest BCUT2D eigenvalue weighted by molar-refractivity contribution is 7.89. The van der Waals surface area contributed by atoms with Gasteiger partial charge >= 0.3 is 12.4 Å². The molecule has 1 aromatic heterocycles. The molecule has 2 fully saturated rings. The Hall–Kier alpha value is -2.38. The van der Waals surface area contributed by atoms with Crippen LogP contribution in [0.25, 0.3) is 0 Å². The minimum Gasteiger partial charge on any atom is -0.473 e. The van der Waals surface area contributed by atoms with Crippen LogP contribution in [0, 0.1) is 0 Å². The Labute approximate surface area is 185 Å². The highest BCUT2D eigenvalue weighted by Crippen LogP contribution is 2.33. The standard InChI is InChI=1S/C20H19F6N3O3S/c21-19(22,23)13-2-1-3-17(8-13)33(30,31)29-7-6-28-12-16(9-15(28)11-29)32-18-5-4-14(10-27-18)20(24,25)26/h1-5,8,10,15-16H,6-7,9,11-12H2/t15-,16-/m0/s1. The van der Waals surface area contributed by atoms with Crippen LogP contribution >= 0.6 is 0 Å². The molecule has 6 nitrogen and oxygen atoms in total. The fourth-order valence-electron chi connectivity index (χ4n) is 4.04. The monoisotopic (exact) mass is 495 g/mol. The lowest BCUT2D eigenvalue weighted by Crippen LogP contribution is -2.51. The van der Waals surface area contributed by atoms with Gasteiger partial charge in [-0.3, -0.25) is 4.90 Å². The summed E-state index contributed by atoms with van der Waals surface area (Å²) in [5, 5.41) is 0. The molecule has 2 aromatic rings. The number of fused-ring (bicyclic) bond motifs is 1. The lowest BCUT2D eigenvalue weighted by Gasteiger charge is -2.36. The van der Waals surface area contributed by atoms with E-state index in [1.54, 1.807) is 0 Å². The van der Waals surface area contributed by atoms with Crippen LogP contribution < -0.4 is 4.74 Å². The maximum absolute atomic E-state index is 13.0. The second-order valence-corrected chi connectivity index (χ2v) is 9.83. The van der Waals surface area contributed by atoms with Gasteiger partial charge in [-0.25, -0.2) is 13.4 Å². The molecule has 0 aliphatic carbocycles. The molecule has 180 valence electrons. The third kappa shape index (κ3) is 5.09. The third-order valence-electron chi connectivity index (χ3n) is 5.69. The second kappa shape index (κ2) is 8.44. The zero-order valence-electron chi connectivity index (χ0n) is 17.0. The summed E-state index contributed by atoms with van der Waals surface area (Å²) in [5.41, 5.74) is -1.94. The number of benzene rings is 1. The van der Waals surface area contributed by atoms with Gasteiger partial charge in [-0.15, -0.1) is 0 Å². The molecule has 4 rings (SSSR count). The summed E-state index contributed by atoms with van der Waals surface area (Å²) in [6.45, 7) is 0.952. The van der Waals surface area contributed by atoms with Gasteiger partial charge in [0.2, 0.25) is 15.9 Å². The summed E-state index contributed by atoms with van der Waals surface area (Å²) in [6, 6.07) is 5.39. The Bertz CT molecular complexity index is 1110. The van der Waals surface area contributed by atoms with Gasteiger partial charge in [0.05, 0.1) is 16.0 Å². The highest BCUT2D eigenvalue weighted by Gasteiger charge is 2.41. The van der Waals surface area contributed by atoms with E-state index in [2.05, 4.69) is 4.98 Å². The fraction of sp³-hybridized carbons (Fsp3) is 0.450. The molecule has 2 aliphatic heterocycles. The first kappa shape index (κ1) is 23.8. The fourth-order valence-corrected chi connectivity index (χ4v) is 5.56. The minimum atomic E-state index is -4.66. The summed E-state index contributed by atoms with van der Waals surface area (Å²) in [6.07, 6.45) is -8.49. The average Bonchev–Trinajstić information content (AvgIpc) is 3.14. The zero-order chi connectivity index (χ0) is 24.0. The summed E-state index contributed by atoms with van der Waals surface area (Å²) >= 11 is 0.